The second kappa shape index (κ2) is 9.42. The zero-order valence-corrected chi connectivity index (χ0v) is 16.2. The van der Waals surface area contributed by atoms with Crippen molar-refractivity contribution in [3.63, 3.8) is 0 Å². The Bertz CT molecular complexity index is 718. The van der Waals surface area contributed by atoms with Gasteiger partial charge in [-0.05, 0) is 50.1 Å². The lowest BCUT2D eigenvalue weighted by Gasteiger charge is -2.28. The first-order chi connectivity index (χ1) is 13.2. The summed E-state index contributed by atoms with van der Waals surface area (Å²) in [5.41, 5.74) is 2.11. The van der Waals surface area contributed by atoms with Crippen LogP contribution in [-0.4, -0.2) is 48.1 Å². The van der Waals surface area contributed by atoms with E-state index < -0.39 is 0 Å². The SMILES string of the molecule is CCOc1ccc(NC(=O)N(CC)C2CCN(Cc3ccccc3)C2)cc1. The molecule has 2 aromatic carbocycles. The van der Waals surface area contributed by atoms with E-state index >= 15 is 0 Å². The maximum Gasteiger partial charge on any atom is 0.322 e. The summed E-state index contributed by atoms with van der Waals surface area (Å²) in [5, 5.41) is 3.02. The van der Waals surface area contributed by atoms with Crippen LogP contribution in [0, 0.1) is 0 Å². The van der Waals surface area contributed by atoms with Crippen molar-refractivity contribution in [3.8, 4) is 5.75 Å². The number of ether oxygens (including phenoxy) is 1. The number of urea groups is 1. The standard InChI is InChI=1S/C22H29N3O2/c1-3-25(22(26)23-19-10-12-21(13-11-19)27-4-2)20-14-15-24(17-20)16-18-8-6-5-7-9-18/h5-13,20H,3-4,14-17H2,1-2H3,(H,23,26). The van der Waals surface area contributed by atoms with Crippen LogP contribution in [0.1, 0.15) is 25.8 Å². The molecule has 1 N–H and O–H groups in total. The number of benzene rings is 2. The van der Waals surface area contributed by atoms with Crippen LogP contribution < -0.4 is 10.1 Å². The van der Waals surface area contributed by atoms with Crippen molar-refractivity contribution in [1.82, 2.24) is 9.80 Å². The molecule has 2 amide bonds. The van der Waals surface area contributed by atoms with Gasteiger partial charge in [0.2, 0.25) is 0 Å². The van der Waals surface area contributed by atoms with Gasteiger partial charge in [0.1, 0.15) is 5.75 Å². The fourth-order valence-electron chi connectivity index (χ4n) is 3.62. The summed E-state index contributed by atoms with van der Waals surface area (Å²) >= 11 is 0. The summed E-state index contributed by atoms with van der Waals surface area (Å²) < 4.78 is 5.45. The molecule has 144 valence electrons. The van der Waals surface area contributed by atoms with Crippen LogP contribution in [0.3, 0.4) is 0 Å². The third-order valence-corrected chi connectivity index (χ3v) is 4.96. The summed E-state index contributed by atoms with van der Waals surface area (Å²) in [6.45, 7) is 8.21. The van der Waals surface area contributed by atoms with Gasteiger partial charge >= 0.3 is 6.03 Å². The summed E-state index contributed by atoms with van der Waals surface area (Å²) in [7, 11) is 0. The topological polar surface area (TPSA) is 44.8 Å². The van der Waals surface area contributed by atoms with Crippen LogP contribution in [0.5, 0.6) is 5.75 Å². The Labute approximate surface area is 161 Å². The monoisotopic (exact) mass is 367 g/mol. The second-order valence-corrected chi connectivity index (χ2v) is 6.84. The fourth-order valence-corrected chi connectivity index (χ4v) is 3.62. The van der Waals surface area contributed by atoms with E-state index in [4.69, 9.17) is 4.74 Å². The average molecular weight is 367 g/mol. The predicted molar refractivity (Wildman–Crippen MR) is 109 cm³/mol. The van der Waals surface area contributed by atoms with Crippen LogP contribution in [-0.2, 0) is 6.54 Å². The van der Waals surface area contributed by atoms with Crippen LogP contribution in [0.25, 0.3) is 0 Å². The summed E-state index contributed by atoms with van der Waals surface area (Å²) in [5.74, 6) is 0.815. The fraction of sp³-hybridized carbons (Fsp3) is 0.409. The number of amides is 2. The van der Waals surface area contributed by atoms with E-state index in [1.807, 2.05) is 49.1 Å². The minimum Gasteiger partial charge on any atom is -0.494 e. The van der Waals surface area contributed by atoms with E-state index in [9.17, 15) is 4.79 Å². The Morgan fingerprint density at radius 3 is 2.56 bits per heavy atom. The van der Waals surface area contributed by atoms with Gasteiger partial charge in [-0.1, -0.05) is 30.3 Å². The van der Waals surface area contributed by atoms with E-state index in [0.29, 0.717) is 13.2 Å². The molecular weight excluding hydrogens is 338 g/mol. The first-order valence-electron chi connectivity index (χ1n) is 9.76. The van der Waals surface area contributed by atoms with Crippen molar-refractivity contribution in [2.45, 2.75) is 32.9 Å². The van der Waals surface area contributed by atoms with Crippen LogP contribution in [0.4, 0.5) is 10.5 Å². The van der Waals surface area contributed by atoms with Gasteiger partial charge in [-0.2, -0.15) is 0 Å². The number of rotatable bonds is 7. The van der Waals surface area contributed by atoms with Gasteiger partial charge in [0, 0.05) is 37.9 Å². The number of likely N-dealkylation sites (N-methyl/N-ethyl adjacent to an activating group) is 1. The summed E-state index contributed by atoms with van der Waals surface area (Å²) in [4.78, 5) is 17.1. The Balaban J connectivity index is 1.55. The van der Waals surface area contributed by atoms with Crippen LogP contribution in [0.15, 0.2) is 54.6 Å². The molecule has 0 bridgehead atoms. The number of carbonyl (C=O) groups excluding carboxylic acids is 1. The number of hydrogen-bond donors (Lipinski definition) is 1. The molecule has 3 rings (SSSR count). The maximum atomic E-state index is 12.8. The van der Waals surface area contributed by atoms with Gasteiger partial charge in [-0.15, -0.1) is 0 Å². The molecule has 0 spiro atoms. The van der Waals surface area contributed by atoms with Gasteiger partial charge in [-0.25, -0.2) is 4.79 Å². The molecule has 5 heteroatoms. The number of carbonyl (C=O) groups is 1. The Kier molecular flexibility index (Phi) is 6.71. The van der Waals surface area contributed by atoms with Crippen molar-refractivity contribution in [1.29, 1.82) is 0 Å². The molecule has 1 aliphatic heterocycles. The Morgan fingerprint density at radius 2 is 1.89 bits per heavy atom. The number of nitrogens with one attached hydrogen (secondary N) is 1. The molecule has 27 heavy (non-hydrogen) atoms. The normalized spacial score (nSPS) is 16.9. The van der Waals surface area contributed by atoms with Gasteiger partial charge in [-0.3, -0.25) is 4.90 Å². The lowest BCUT2D eigenvalue weighted by Crippen LogP contribution is -2.44. The maximum absolute atomic E-state index is 12.8. The second-order valence-electron chi connectivity index (χ2n) is 6.84. The highest BCUT2D eigenvalue weighted by atomic mass is 16.5. The van der Waals surface area contributed by atoms with Crippen LogP contribution >= 0.6 is 0 Å². The van der Waals surface area contributed by atoms with Gasteiger partial charge in [0.15, 0.2) is 0 Å². The van der Waals surface area contributed by atoms with Crippen molar-refractivity contribution >= 4 is 11.7 Å². The van der Waals surface area contributed by atoms with Gasteiger partial charge < -0.3 is 15.0 Å². The molecule has 0 saturated carbocycles. The van der Waals surface area contributed by atoms with E-state index in [-0.39, 0.29) is 12.1 Å². The van der Waals surface area contributed by atoms with Crippen LogP contribution in [0.2, 0.25) is 0 Å². The smallest absolute Gasteiger partial charge is 0.322 e. The number of hydrogen-bond acceptors (Lipinski definition) is 3. The highest BCUT2D eigenvalue weighted by Crippen LogP contribution is 2.20. The molecule has 0 aliphatic carbocycles. The predicted octanol–water partition coefficient (Wildman–Crippen LogP) is 4.21. The minimum absolute atomic E-state index is 0.0341. The highest BCUT2D eigenvalue weighted by molar-refractivity contribution is 5.89. The molecule has 0 aromatic heterocycles. The van der Waals surface area contributed by atoms with E-state index in [1.54, 1.807) is 0 Å². The summed E-state index contributed by atoms with van der Waals surface area (Å²) in [6.07, 6.45) is 1.01. The van der Waals surface area contributed by atoms with E-state index in [0.717, 1.165) is 37.5 Å². The van der Waals surface area contributed by atoms with Crippen molar-refractivity contribution in [2.24, 2.45) is 0 Å². The zero-order valence-electron chi connectivity index (χ0n) is 16.2. The van der Waals surface area contributed by atoms with E-state index in [1.165, 1.54) is 5.56 Å². The molecule has 1 atom stereocenters. The lowest BCUT2D eigenvalue weighted by atomic mass is 10.2. The largest absolute Gasteiger partial charge is 0.494 e. The highest BCUT2D eigenvalue weighted by Gasteiger charge is 2.29. The quantitative estimate of drug-likeness (QED) is 0.797. The minimum atomic E-state index is -0.0341. The molecule has 1 fully saturated rings. The van der Waals surface area contributed by atoms with Gasteiger partial charge in [0.25, 0.3) is 0 Å². The number of likely N-dealkylation sites (tertiary alicyclic amines) is 1. The molecule has 1 heterocycles. The molecule has 1 unspecified atom stereocenters. The Hall–Kier alpha value is -2.53. The number of anilines is 1. The number of nitrogens with zero attached hydrogens (tertiary/aromatic N) is 2. The third kappa shape index (κ3) is 5.23. The van der Waals surface area contributed by atoms with E-state index in [2.05, 4.69) is 34.5 Å². The molecule has 0 radical (unpaired) electrons. The average Bonchev–Trinajstić information content (AvgIpc) is 3.13. The molecule has 5 nitrogen and oxygen atoms in total. The molecular formula is C22H29N3O2. The van der Waals surface area contributed by atoms with Crippen molar-refractivity contribution in [2.75, 3.05) is 31.6 Å². The third-order valence-electron chi connectivity index (χ3n) is 4.96. The molecule has 1 aliphatic rings. The first kappa shape index (κ1) is 19.2. The van der Waals surface area contributed by atoms with Crippen molar-refractivity contribution < 1.29 is 9.53 Å². The van der Waals surface area contributed by atoms with Gasteiger partial charge in [0.05, 0.1) is 6.61 Å². The first-order valence-corrected chi connectivity index (χ1v) is 9.76. The summed E-state index contributed by atoms with van der Waals surface area (Å²) in [6, 6.07) is 18.2. The Morgan fingerprint density at radius 1 is 1.15 bits per heavy atom. The molecule has 1 saturated heterocycles. The lowest BCUT2D eigenvalue weighted by molar-refractivity contribution is 0.189. The zero-order chi connectivity index (χ0) is 19.1. The van der Waals surface area contributed by atoms with Crippen molar-refractivity contribution in [3.05, 3.63) is 60.2 Å². The molecule has 2 aromatic rings.